The Hall–Kier alpha value is -2.54. The van der Waals surface area contributed by atoms with Gasteiger partial charge < -0.3 is 10.2 Å². The molecule has 4 nitrogen and oxygen atoms in total. The molecule has 0 spiro atoms. The molecule has 0 saturated heterocycles. The maximum absolute atomic E-state index is 11.7. The van der Waals surface area contributed by atoms with E-state index < -0.39 is 0 Å². The van der Waals surface area contributed by atoms with E-state index in [2.05, 4.69) is 23.2 Å². The summed E-state index contributed by atoms with van der Waals surface area (Å²) in [5.74, 6) is -0.0168. The molecule has 0 fully saturated rings. The van der Waals surface area contributed by atoms with Gasteiger partial charge in [0.05, 0.1) is 18.2 Å². The fourth-order valence-corrected chi connectivity index (χ4v) is 2.46. The van der Waals surface area contributed by atoms with Gasteiger partial charge in [-0.15, -0.1) is 0 Å². The van der Waals surface area contributed by atoms with Crippen LogP contribution in [0.25, 0.3) is 10.8 Å². The van der Waals surface area contributed by atoms with Gasteiger partial charge in [0.1, 0.15) is 0 Å². The van der Waals surface area contributed by atoms with Gasteiger partial charge in [0.15, 0.2) is 0 Å². The highest BCUT2D eigenvalue weighted by Crippen LogP contribution is 2.29. The molecular formula is C17H19N3O. The van der Waals surface area contributed by atoms with E-state index in [1.165, 1.54) is 0 Å². The van der Waals surface area contributed by atoms with Gasteiger partial charge in [0.25, 0.3) is 0 Å². The number of nitrogens with zero attached hydrogens (tertiary/aromatic N) is 2. The first-order valence-corrected chi connectivity index (χ1v) is 7.08. The van der Waals surface area contributed by atoms with E-state index in [1.807, 2.05) is 36.4 Å². The zero-order valence-corrected chi connectivity index (χ0v) is 12.4. The van der Waals surface area contributed by atoms with Crippen molar-refractivity contribution in [3.8, 4) is 6.07 Å². The number of amides is 1. The van der Waals surface area contributed by atoms with Crippen molar-refractivity contribution in [3.05, 3.63) is 42.0 Å². The largest absolute Gasteiger partial charge is 0.362 e. The van der Waals surface area contributed by atoms with Crippen molar-refractivity contribution < 1.29 is 4.79 Å². The van der Waals surface area contributed by atoms with E-state index in [-0.39, 0.29) is 5.91 Å². The maximum Gasteiger partial charge on any atom is 0.239 e. The van der Waals surface area contributed by atoms with Gasteiger partial charge in [-0.25, -0.2) is 0 Å². The zero-order valence-electron chi connectivity index (χ0n) is 12.4. The molecule has 0 aliphatic rings. The molecular weight excluding hydrogens is 262 g/mol. The van der Waals surface area contributed by atoms with Gasteiger partial charge in [-0.2, -0.15) is 5.26 Å². The fourth-order valence-electron chi connectivity index (χ4n) is 2.46. The summed E-state index contributed by atoms with van der Waals surface area (Å²) in [6.07, 6.45) is 0.950. The van der Waals surface area contributed by atoms with Crippen LogP contribution < -0.4 is 10.2 Å². The van der Waals surface area contributed by atoms with Crippen LogP contribution in [0, 0.1) is 11.3 Å². The average Bonchev–Trinajstić information content (AvgIpc) is 2.53. The van der Waals surface area contributed by atoms with Gasteiger partial charge in [0.2, 0.25) is 5.91 Å². The normalized spacial score (nSPS) is 10.1. The third-order valence-electron chi connectivity index (χ3n) is 3.47. The lowest BCUT2D eigenvalue weighted by Crippen LogP contribution is -2.36. The molecule has 21 heavy (non-hydrogen) atoms. The van der Waals surface area contributed by atoms with Gasteiger partial charge in [-0.3, -0.25) is 4.79 Å². The summed E-state index contributed by atoms with van der Waals surface area (Å²) in [6, 6.07) is 13.8. The number of nitrogens with one attached hydrogen (secondary N) is 1. The second-order valence-corrected chi connectivity index (χ2v) is 4.88. The number of carbonyl (C=O) groups is 1. The minimum Gasteiger partial charge on any atom is -0.362 e. The standard InChI is InChI=1S/C17H19N3O/c1-3-10-20(12-17(21)19-2)16-9-8-13(11-18)14-6-4-5-7-15(14)16/h4-9H,3,10,12H2,1-2H3,(H,19,21). The number of fused-ring (bicyclic) bond motifs is 1. The fraction of sp³-hybridized carbons (Fsp3) is 0.294. The summed E-state index contributed by atoms with van der Waals surface area (Å²) >= 11 is 0. The van der Waals surface area contributed by atoms with Crippen LogP contribution in [0.15, 0.2) is 36.4 Å². The van der Waals surface area contributed by atoms with E-state index in [4.69, 9.17) is 0 Å². The number of benzene rings is 2. The molecule has 1 amide bonds. The summed E-state index contributed by atoms with van der Waals surface area (Å²) in [4.78, 5) is 13.8. The summed E-state index contributed by atoms with van der Waals surface area (Å²) < 4.78 is 0. The third-order valence-corrected chi connectivity index (χ3v) is 3.47. The lowest BCUT2D eigenvalue weighted by atomic mass is 10.0. The van der Waals surface area contributed by atoms with Gasteiger partial charge in [0, 0.05) is 30.1 Å². The highest BCUT2D eigenvalue weighted by molar-refractivity contribution is 5.98. The van der Waals surface area contributed by atoms with Crippen molar-refractivity contribution >= 4 is 22.4 Å². The van der Waals surface area contributed by atoms with Gasteiger partial charge in [-0.1, -0.05) is 31.2 Å². The number of hydrogen-bond acceptors (Lipinski definition) is 3. The van der Waals surface area contributed by atoms with Crippen molar-refractivity contribution in [2.24, 2.45) is 0 Å². The topological polar surface area (TPSA) is 56.1 Å². The SMILES string of the molecule is CCCN(CC(=O)NC)c1ccc(C#N)c2ccccc12. The smallest absolute Gasteiger partial charge is 0.239 e. The van der Waals surface area contributed by atoms with Gasteiger partial charge in [-0.05, 0) is 18.6 Å². The Morgan fingerprint density at radius 3 is 2.57 bits per heavy atom. The minimum atomic E-state index is -0.0168. The molecule has 0 saturated carbocycles. The van der Waals surface area contributed by atoms with E-state index in [1.54, 1.807) is 7.05 Å². The molecule has 0 heterocycles. The second kappa shape index (κ2) is 6.76. The molecule has 0 aliphatic carbocycles. The molecule has 0 aliphatic heterocycles. The zero-order chi connectivity index (χ0) is 15.2. The van der Waals surface area contributed by atoms with E-state index in [0.29, 0.717) is 12.1 Å². The number of anilines is 1. The van der Waals surface area contributed by atoms with Gasteiger partial charge >= 0.3 is 0 Å². The molecule has 0 bridgehead atoms. The Bertz CT molecular complexity index is 688. The van der Waals surface area contributed by atoms with Crippen LogP contribution in [0.4, 0.5) is 5.69 Å². The number of likely N-dealkylation sites (N-methyl/N-ethyl adjacent to an activating group) is 1. The lowest BCUT2D eigenvalue weighted by Gasteiger charge is -2.25. The first-order chi connectivity index (χ1) is 10.2. The van der Waals surface area contributed by atoms with Crippen molar-refractivity contribution in [2.45, 2.75) is 13.3 Å². The molecule has 2 aromatic carbocycles. The average molecular weight is 281 g/mol. The highest BCUT2D eigenvalue weighted by Gasteiger charge is 2.14. The Morgan fingerprint density at radius 2 is 1.95 bits per heavy atom. The Morgan fingerprint density at radius 1 is 1.24 bits per heavy atom. The number of carbonyl (C=O) groups excluding carboxylic acids is 1. The monoisotopic (exact) mass is 281 g/mol. The molecule has 2 rings (SSSR count). The van der Waals surface area contributed by atoms with Crippen LogP contribution in [0.3, 0.4) is 0 Å². The van der Waals surface area contributed by atoms with Crippen molar-refractivity contribution in [1.29, 1.82) is 5.26 Å². The maximum atomic E-state index is 11.7. The van der Waals surface area contributed by atoms with Crippen molar-refractivity contribution in [3.63, 3.8) is 0 Å². The number of hydrogen-bond donors (Lipinski definition) is 1. The molecule has 0 radical (unpaired) electrons. The molecule has 1 N–H and O–H groups in total. The van der Waals surface area contributed by atoms with Crippen molar-refractivity contribution in [2.75, 3.05) is 25.0 Å². The lowest BCUT2D eigenvalue weighted by molar-refractivity contribution is -0.119. The van der Waals surface area contributed by atoms with E-state index in [0.717, 1.165) is 29.4 Å². The Kier molecular flexibility index (Phi) is 4.78. The summed E-state index contributed by atoms with van der Waals surface area (Å²) in [5.41, 5.74) is 1.65. The third kappa shape index (κ3) is 3.14. The predicted octanol–water partition coefficient (Wildman–Crippen LogP) is 2.67. The van der Waals surface area contributed by atoms with Crippen LogP contribution in [-0.2, 0) is 4.79 Å². The summed E-state index contributed by atoms with van der Waals surface area (Å²) in [6.45, 7) is 3.20. The van der Waals surface area contributed by atoms with Crippen LogP contribution in [0.5, 0.6) is 0 Å². The molecule has 0 unspecified atom stereocenters. The van der Waals surface area contributed by atoms with Crippen LogP contribution in [-0.4, -0.2) is 26.0 Å². The van der Waals surface area contributed by atoms with Crippen molar-refractivity contribution in [1.82, 2.24) is 5.32 Å². The van der Waals surface area contributed by atoms with Crippen LogP contribution in [0.1, 0.15) is 18.9 Å². The highest BCUT2D eigenvalue weighted by atomic mass is 16.1. The van der Waals surface area contributed by atoms with E-state index in [9.17, 15) is 10.1 Å². The quantitative estimate of drug-likeness (QED) is 0.916. The molecule has 0 aromatic heterocycles. The molecule has 4 heteroatoms. The molecule has 108 valence electrons. The summed E-state index contributed by atoms with van der Waals surface area (Å²) in [5, 5.41) is 13.8. The summed E-state index contributed by atoms with van der Waals surface area (Å²) in [7, 11) is 1.64. The number of rotatable bonds is 5. The first kappa shape index (κ1) is 14.9. The predicted molar refractivity (Wildman–Crippen MR) is 85.2 cm³/mol. The van der Waals surface area contributed by atoms with E-state index >= 15 is 0 Å². The van der Waals surface area contributed by atoms with Crippen LogP contribution >= 0.6 is 0 Å². The second-order valence-electron chi connectivity index (χ2n) is 4.88. The number of nitriles is 1. The Balaban J connectivity index is 2.53. The minimum absolute atomic E-state index is 0.0168. The van der Waals surface area contributed by atoms with Crippen LogP contribution in [0.2, 0.25) is 0 Å². The molecule has 2 aromatic rings. The Labute approximate surface area is 125 Å². The first-order valence-electron chi connectivity index (χ1n) is 7.08. The molecule has 0 atom stereocenters.